The third-order valence-corrected chi connectivity index (χ3v) is 5.68. The molecule has 0 aliphatic heterocycles. The molecule has 20 heavy (non-hydrogen) atoms. The molecule has 116 valence electrons. The summed E-state index contributed by atoms with van der Waals surface area (Å²) in [6.07, 6.45) is 11.8. The lowest BCUT2D eigenvalue weighted by Gasteiger charge is -2.40. The van der Waals surface area contributed by atoms with Gasteiger partial charge in [-0.2, -0.15) is 0 Å². The van der Waals surface area contributed by atoms with Crippen molar-refractivity contribution in [3.05, 3.63) is 0 Å². The summed E-state index contributed by atoms with van der Waals surface area (Å²) in [5.41, 5.74) is 0.0733. The van der Waals surface area contributed by atoms with Gasteiger partial charge in [0.2, 0.25) is 5.91 Å². The summed E-state index contributed by atoms with van der Waals surface area (Å²) in [7, 11) is 4.05. The fraction of sp³-hybridized carbons (Fsp3) is 0.941. The van der Waals surface area contributed by atoms with Crippen LogP contribution in [-0.2, 0) is 4.79 Å². The van der Waals surface area contributed by atoms with E-state index in [4.69, 9.17) is 0 Å². The molecule has 2 unspecified atom stereocenters. The molecule has 0 aromatic rings. The summed E-state index contributed by atoms with van der Waals surface area (Å²) in [5.74, 6) is 1.12. The van der Waals surface area contributed by atoms with Crippen molar-refractivity contribution in [2.45, 2.75) is 82.7 Å². The third-order valence-electron chi connectivity index (χ3n) is 5.68. The van der Waals surface area contributed by atoms with Crippen LogP contribution in [0.3, 0.4) is 0 Å². The maximum absolute atomic E-state index is 12.7. The second kappa shape index (κ2) is 6.93. The van der Waals surface area contributed by atoms with Gasteiger partial charge in [-0.1, -0.05) is 39.0 Å². The molecule has 2 rings (SSSR count). The summed E-state index contributed by atoms with van der Waals surface area (Å²) in [6, 6.07) is 0.476. The summed E-state index contributed by atoms with van der Waals surface area (Å²) in [4.78, 5) is 14.7. The van der Waals surface area contributed by atoms with Crippen molar-refractivity contribution in [3.63, 3.8) is 0 Å². The highest BCUT2D eigenvalue weighted by atomic mass is 16.2. The van der Waals surface area contributed by atoms with Gasteiger partial charge >= 0.3 is 0 Å². The molecule has 2 atom stereocenters. The fourth-order valence-electron chi connectivity index (χ4n) is 4.12. The molecule has 0 bridgehead atoms. The van der Waals surface area contributed by atoms with Gasteiger partial charge in [-0.3, -0.25) is 4.79 Å². The maximum atomic E-state index is 12.7. The van der Waals surface area contributed by atoms with E-state index < -0.39 is 0 Å². The highest BCUT2D eigenvalue weighted by Gasteiger charge is 2.35. The van der Waals surface area contributed by atoms with E-state index in [0.717, 1.165) is 18.8 Å². The first-order valence-electron chi connectivity index (χ1n) is 8.51. The van der Waals surface area contributed by atoms with E-state index >= 15 is 0 Å². The number of nitrogens with one attached hydrogen (secondary N) is 1. The number of carbonyl (C=O) groups is 1. The molecule has 0 aromatic carbocycles. The van der Waals surface area contributed by atoms with Gasteiger partial charge in [0.1, 0.15) is 0 Å². The zero-order valence-corrected chi connectivity index (χ0v) is 13.6. The molecule has 0 saturated heterocycles. The zero-order valence-electron chi connectivity index (χ0n) is 13.6. The minimum Gasteiger partial charge on any atom is -0.343 e. The molecule has 0 radical (unpaired) electrons. The SMILES string of the molecule is CNC1(CC(=O)N(C)C2CCCC(C)C2)CCCCC1. The van der Waals surface area contributed by atoms with Gasteiger partial charge in [0.05, 0.1) is 0 Å². The molecule has 1 amide bonds. The molecule has 1 N–H and O–H groups in total. The molecule has 0 spiro atoms. The molecule has 3 nitrogen and oxygen atoms in total. The average Bonchev–Trinajstić information content (AvgIpc) is 2.47. The number of hydrogen-bond acceptors (Lipinski definition) is 2. The quantitative estimate of drug-likeness (QED) is 0.856. The third kappa shape index (κ3) is 3.75. The van der Waals surface area contributed by atoms with Crippen LogP contribution >= 0.6 is 0 Å². The van der Waals surface area contributed by atoms with E-state index in [0.29, 0.717) is 18.4 Å². The Balaban J connectivity index is 1.92. The lowest BCUT2D eigenvalue weighted by atomic mass is 9.78. The van der Waals surface area contributed by atoms with Gasteiger partial charge in [0.25, 0.3) is 0 Å². The lowest BCUT2D eigenvalue weighted by molar-refractivity contribution is -0.134. The predicted octanol–water partition coefficient (Wildman–Crippen LogP) is 3.34. The topological polar surface area (TPSA) is 32.3 Å². The highest BCUT2D eigenvalue weighted by molar-refractivity contribution is 5.77. The largest absolute Gasteiger partial charge is 0.343 e. The lowest BCUT2D eigenvalue weighted by Crippen LogP contribution is -2.50. The molecule has 0 heterocycles. The van der Waals surface area contributed by atoms with Crippen LogP contribution in [-0.4, -0.2) is 36.5 Å². The molecular formula is C17H32N2O. The summed E-state index contributed by atoms with van der Waals surface area (Å²) >= 11 is 0. The van der Waals surface area contributed by atoms with Gasteiger partial charge in [0, 0.05) is 25.0 Å². The second-order valence-corrected chi connectivity index (χ2v) is 7.20. The highest BCUT2D eigenvalue weighted by Crippen LogP contribution is 2.32. The first-order chi connectivity index (χ1) is 9.56. The molecule has 3 heteroatoms. The van der Waals surface area contributed by atoms with Crippen molar-refractivity contribution in [1.29, 1.82) is 0 Å². The van der Waals surface area contributed by atoms with Crippen molar-refractivity contribution < 1.29 is 4.79 Å². The van der Waals surface area contributed by atoms with Gasteiger partial charge < -0.3 is 10.2 Å². The van der Waals surface area contributed by atoms with Gasteiger partial charge in [-0.25, -0.2) is 0 Å². The monoisotopic (exact) mass is 280 g/mol. The Morgan fingerprint density at radius 3 is 2.50 bits per heavy atom. The number of rotatable bonds is 4. The Labute approximate surface area is 124 Å². The minimum atomic E-state index is 0.0733. The van der Waals surface area contributed by atoms with Gasteiger partial charge in [-0.15, -0.1) is 0 Å². The summed E-state index contributed by atoms with van der Waals surface area (Å²) in [5, 5.41) is 3.47. The summed E-state index contributed by atoms with van der Waals surface area (Å²) in [6.45, 7) is 2.32. The molecule has 2 fully saturated rings. The van der Waals surface area contributed by atoms with Gasteiger partial charge in [0.15, 0.2) is 0 Å². The Morgan fingerprint density at radius 2 is 1.90 bits per heavy atom. The number of amides is 1. The van der Waals surface area contributed by atoms with E-state index in [9.17, 15) is 4.79 Å². The van der Waals surface area contributed by atoms with Gasteiger partial charge in [-0.05, 0) is 38.6 Å². The Hall–Kier alpha value is -0.570. The van der Waals surface area contributed by atoms with Crippen LogP contribution < -0.4 is 5.32 Å². The smallest absolute Gasteiger partial charge is 0.224 e. The van der Waals surface area contributed by atoms with E-state index in [-0.39, 0.29) is 5.54 Å². The molecule has 2 saturated carbocycles. The van der Waals surface area contributed by atoms with Crippen LogP contribution in [0.2, 0.25) is 0 Å². The number of carbonyl (C=O) groups excluding carboxylic acids is 1. The van der Waals surface area contributed by atoms with Crippen LogP contribution in [0, 0.1) is 5.92 Å². The first kappa shape index (κ1) is 15.8. The first-order valence-corrected chi connectivity index (χ1v) is 8.51. The average molecular weight is 280 g/mol. The van der Waals surface area contributed by atoms with Crippen LogP contribution in [0.4, 0.5) is 0 Å². The van der Waals surface area contributed by atoms with E-state index in [1.165, 1.54) is 44.9 Å². The van der Waals surface area contributed by atoms with Crippen molar-refractivity contribution in [2.24, 2.45) is 5.92 Å². The van der Waals surface area contributed by atoms with Crippen LogP contribution in [0.5, 0.6) is 0 Å². The maximum Gasteiger partial charge on any atom is 0.224 e. The number of hydrogen-bond donors (Lipinski definition) is 1. The molecule has 0 aromatic heterocycles. The Bertz CT molecular complexity index is 323. The number of nitrogens with zero attached hydrogens (tertiary/aromatic N) is 1. The Morgan fingerprint density at radius 1 is 1.20 bits per heavy atom. The van der Waals surface area contributed by atoms with Crippen molar-refractivity contribution >= 4 is 5.91 Å². The van der Waals surface area contributed by atoms with Crippen molar-refractivity contribution in [3.8, 4) is 0 Å². The fourth-order valence-corrected chi connectivity index (χ4v) is 4.12. The predicted molar refractivity (Wildman–Crippen MR) is 83.7 cm³/mol. The molecule has 2 aliphatic carbocycles. The summed E-state index contributed by atoms with van der Waals surface area (Å²) < 4.78 is 0. The van der Waals surface area contributed by atoms with Crippen LogP contribution in [0.15, 0.2) is 0 Å². The standard InChI is InChI=1S/C17H32N2O/c1-14-8-7-9-15(12-14)19(3)16(20)13-17(18-2)10-5-4-6-11-17/h14-15,18H,4-13H2,1-3H3. The van der Waals surface area contributed by atoms with Crippen molar-refractivity contribution in [1.82, 2.24) is 10.2 Å². The van der Waals surface area contributed by atoms with E-state index in [1.54, 1.807) is 0 Å². The van der Waals surface area contributed by atoms with E-state index in [2.05, 4.69) is 17.1 Å². The van der Waals surface area contributed by atoms with Crippen molar-refractivity contribution in [2.75, 3.05) is 14.1 Å². The van der Waals surface area contributed by atoms with Crippen LogP contribution in [0.1, 0.15) is 71.1 Å². The normalized spacial score (nSPS) is 29.9. The van der Waals surface area contributed by atoms with E-state index in [1.807, 2.05) is 14.1 Å². The second-order valence-electron chi connectivity index (χ2n) is 7.20. The minimum absolute atomic E-state index is 0.0733. The molecule has 2 aliphatic rings. The molecular weight excluding hydrogens is 248 g/mol. The van der Waals surface area contributed by atoms with Crippen LogP contribution in [0.25, 0.3) is 0 Å². The Kier molecular flexibility index (Phi) is 5.48. The zero-order chi connectivity index (χ0) is 14.6.